The number of hydrogen-bond donors (Lipinski definition) is 1. The first-order valence-electron chi connectivity index (χ1n) is 5.88. The largest absolute Gasteiger partial charge is 0.318 e. The molecule has 0 aromatic heterocycles. The van der Waals surface area contributed by atoms with Gasteiger partial charge in [0.15, 0.2) is 0 Å². The number of hydrogen-bond acceptors (Lipinski definition) is 4. The lowest BCUT2D eigenvalue weighted by molar-refractivity contribution is 0.195. The van der Waals surface area contributed by atoms with E-state index in [1.165, 1.54) is 0 Å². The van der Waals surface area contributed by atoms with Crippen LogP contribution in [-0.2, 0) is 10.0 Å². The molecule has 96 valence electrons. The summed E-state index contributed by atoms with van der Waals surface area (Å²) < 4.78 is 25.9. The van der Waals surface area contributed by atoms with Crippen molar-refractivity contribution < 1.29 is 8.42 Å². The van der Waals surface area contributed by atoms with Crippen LogP contribution in [0.1, 0.15) is 13.8 Å². The van der Waals surface area contributed by atoms with E-state index >= 15 is 0 Å². The van der Waals surface area contributed by atoms with Gasteiger partial charge < -0.3 is 10.2 Å². The van der Waals surface area contributed by atoms with Crippen molar-refractivity contribution in [2.75, 3.05) is 46.3 Å². The van der Waals surface area contributed by atoms with E-state index in [1.807, 2.05) is 0 Å². The van der Waals surface area contributed by atoms with Gasteiger partial charge in [-0.2, -0.15) is 4.31 Å². The van der Waals surface area contributed by atoms with Crippen LogP contribution >= 0.6 is 0 Å². The van der Waals surface area contributed by atoms with E-state index in [1.54, 1.807) is 18.3 Å². The maximum absolute atomic E-state index is 12.1. The van der Waals surface area contributed by atoms with Gasteiger partial charge in [0, 0.05) is 32.7 Å². The molecule has 1 saturated heterocycles. The minimum absolute atomic E-state index is 0.342. The molecule has 1 rings (SSSR count). The molecule has 1 heterocycles. The van der Waals surface area contributed by atoms with Crippen molar-refractivity contribution in [1.82, 2.24) is 14.5 Å². The Morgan fingerprint density at radius 2 is 1.81 bits per heavy atom. The molecule has 16 heavy (non-hydrogen) atoms. The van der Waals surface area contributed by atoms with Crippen LogP contribution in [0.4, 0.5) is 0 Å². The normalized spacial score (nSPS) is 22.2. The predicted octanol–water partition coefficient (Wildman–Crippen LogP) is -0.438. The molecular weight excluding hydrogens is 226 g/mol. The van der Waals surface area contributed by atoms with E-state index in [2.05, 4.69) is 17.1 Å². The zero-order valence-electron chi connectivity index (χ0n) is 10.4. The van der Waals surface area contributed by atoms with Crippen LogP contribution in [0.2, 0.25) is 0 Å². The number of piperazine rings is 1. The van der Waals surface area contributed by atoms with Crippen molar-refractivity contribution in [3.05, 3.63) is 0 Å². The highest BCUT2D eigenvalue weighted by Gasteiger charge is 2.30. The summed E-state index contributed by atoms with van der Waals surface area (Å²) in [6, 6.07) is 0. The van der Waals surface area contributed by atoms with Gasteiger partial charge in [-0.1, -0.05) is 6.92 Å². The number of nitrogens with one attached hydrogen (secondary N) is 1. The zero-order chi connectivity index (χ0) is 12.2. The molecular formula is C10H23N3O2S. The summed E-state index contributed by atoms with van der Waals surface area (Å²) >= 11 is 0. The first-order valence-corrected chi connectivity index (χ1v) is 7.38. The third-order valence-corrected chi connectivity index (χ3v) is 5.41. The highest BCUT2D eigenvalue weighted by molar-refractivity contribution is 7.89. The second-order valence-corrected chi connectivity index (χ2v) is 6.60. The smallest absolute Gasteiger partial charge is 0.218 e. The summed E-state index contributed by atoms with van der Waals surface area (Å²) in [4.78, 5) is 2.27. The monoisotopic (exact) mass is 249 g/mol. The summed E-state index contributed by atoms with van der Waals surface area (Å²) in [6.45, 7) is 8.33. The highest BCUT2D eigenvalue weighted by Crippen LogP contribution is 2.12. The molecule has 0 saturated carbocycles. The molecule has 0 aromatic rings. The zero-order valence-corrected chi connectivity index (χ0v) is 11.3. The fourth-order valence-electron chi connectivity index (χ4n) is 1.95. The number of nitrogens with zero attached hydrogens (tertiary/aromatic N) is 2. The molecule has 1 aliphatic heterocycles. The molecule has 1 atom stereocenters. The summed E-state index contributed by atoms with van der Waals surface area (Å²) in [5, 5.41) is 2.57. The van der Waals surface area contributed by atoms with Crippen LogP contribution in [-0.4, -0.2) is 69.2 Å². The van der Waals surface area contributed by atoms with Gasteiger partial charge in [-0.05, 0) is 20.5 Å². The molecule has 0 spiro atoms. The van der Waals surface area contributed by atoms with Crippen molar-refractivity contribution in [2.24, 2.45) is 0 Å². The molecule has 1 fully saturated rings. The van der Waals surface area contributed by atoms with Crippen molar-refractivity contribution in [3.8, 4) is 0 Å². The lowest BCUT2D eigenvalue weighted by Crippen LogP contribution is -2.51. The van der Waals surface area contributed by atoms with E-state index in [0.29, 0.717) is 19.6 Å². The van der Waals surface area contributed by atoms with Crippen molar-refractivity contribution in [3.63, 3.8) is 0 Å². The van der Waals surface area contributed by atoms with Crippen LogP contribution in [0.3, 0.4) is 0 Å². The summed E-state index contributed by atoms with van der Waals surface area (Å²) in [6.07, 6.45) is 0. The van der Waals surface area contributed by atoms with Crippen molar-refractivity contribution in [2.45, 2.75) is 19.1 Å². The Balaban J connectivity index is 2.58. The Bertz CT molecular complexity index is 297. The minimum atomic E-state index is -3.11. The number of sulfonamides is 1. The summed E-state index contributed by atoms with van der Waals surface area (Å²) in [5.41, 5.74) is 0. The van der Waals surface area contributed by atoms with E-state index in [0.717, 1.165) is 19.6 Å². The van der Waals surface area contributed by atoms with E-state index in [9.17, 15) is 8.42 Å². The summed E-state index contributed by atoms with van der Waals surface area (Å²) in [5.74, 6) is 0. The fraction of sp³-hybridized carbons (Fsp3) is 1.00. The molecule has 1 N–H and O–H groups in total. The SMILES string of the molecule is CCN1CCN(S(=O)(=O)C(C)CNC)CC1. The first kappa shape index (κ1) is 13.9. The van der Waals surface area contributed by atoms with E-state index in [4.69, 9.17) is 0 Å². The van der Waals surface area contributed by atoms with Crippen molar-refractivity contribution in [1.29, 1.82) is 0 Å². The Labute approximate surface area is 98.8 Å². The Kier molecular flexibility index (Phi) is 5.17. The quantitative estimate of drug-likeness (QED) is 0.718. The molecule has 1 aliphatic rings. The van der Waals surface area contributed by atoms with Gasteiger partial charge in [0.25, 0.3) is 0 Å². The highest BCUT2D eigenvalue weighted by atomic mass is 32.2. The van der Waals surface area contributed by atoms with E-state index in [-0.39, 0.29) is 5.25 Å². The average molecular weight is 249 g/mol. The topological polar surface area (TPSA) is 52.7 Å². The van der Waals surface area contributed by atoms with Crippen LogP contribution < -0.4 is 5.32 Å². The molecule has 0 radical (unpaired) electrons. The third-order valence-electron chi connectivity index (χ3n) is 3.14. The first-order chi connectivity index (χ1) is 7.52. The Morgan fingerprint density at radius 3 is 2.25 bits per heavy atom. The second kappa shape index (κ2) is 5.95. The Morgan fingerprint density at radius 1 is 1.25 bits per heavy atom. The van der Waals surface area contributed by atoms with Gasteiger partial charge in [-0.15, -0.1) is 0 Å². The van der Waals surface area contributed by atoms with Gasteiger partial charge in [0.05, 0.1) is 5.25 Å². The molecule has 0 aromatic carbocycles. The van der Waals surface area contributed by atoms with Gasteiger partial charge in [-0.3, -0.25) is 0 Å². The van der Waals surface area contributed by atoms with Crippen LogP contribution in [0, 0.1) is 0 Å². The second-order valence-electron chi connectivity index (χ2n) is 4.25. The number of likely N-dealkylation sites (N-methyl/N-ethyl adjacent to an activating group) is 1. The molecule has 0 bridgehead atoms. The molecule has 5 nitrogen and oxygen atoms in total. The lowest BCUT2D eigenvalue weighted by atomic mass is 10.4. The maximum Gasteiger partial charge on any atom is 0.218 e. The van der Waals surface area contributed by atoms with Crippen LogP contribution in [0.25, 0.3) is 0 Å². The van der Waals surface area contributed by atoms with Gasteiger partial charge in [0.1, 0.15) is 0 Å². The lowest BCUT2D eigenvalue weighted by Gasteiger charge is -2.34. The molecule has 0 aliphatic carbocycles. The predicted molar refractivity (Wildman–Crippen MR) is 66.0 cm³/mol. The van der Waals surface area contributed by atoms with Gasteiger partial charge >= 0.3 is 0 Å². The average Bonchev–Trinajstić information content (AvgIpc) is 2.29. The van der Waals surface area contributed by atoms with Crippen molar-refractivity contribution >= 4 is 10.0 Å². The number of rotatable bonds is 5. The fourth-order valence-corrected chi connectivity index (χ4v) is 3.51. The standard InChI is InChI=1S/C10H23N3O2S/c1-4-12-5-7-13(8-6-12)16(14,15)10(2)9-11-3/h10-11H,4-9H2,1-3H3. The Hall–Kier alpha value is -0.170. The molecule has 6 heteroatoms. The molecule has 1 unspecified atom stereocenters. The van der Waals surface area contributed by atoms with Gasteiger partial charge in [0.2, 0.25) is 10.0 Å². The van der Waals surface area contributed by atoms with Crippen LogP contribution in [0.5, 0.6) is 0 Å². The van der Waals surface area contributed by atoms with Gasteiger partial charge in [-0.25, -0.2) is 8.42 Å². The third kappa shape index (κ3) is 3.16. The van der Waals surface area contributed by atoms with E-state index < -0.39 is 10.0 Å². The molecule has 0 amide bonds. The maximum atomic E-state index is 12.1. The van der Waals surface area contributed by atoms with Crippen LogP contribution in [0.15, 0.2) is 0 Å². The summed E-state index contributed by atoms with van der Waals surface area (Å²) in [7, 11) is -1.33. The minimum Gasteiger partial charge on any atom is -0.318 e.